The molecule has 0 spiro atoms. The summed E-state index contributed by atoms with van der Waals surface area (Å²) in [6.45, 7) is 2.17. The molecule has 0 heterocycles. The van der Waals surface area contributed by atoms with Crippen LogP contribution in [-0.4, -0.2) is 55.2 Å². The van der Waals surface area contributed by atoms with E-state index in [9.17, 15) is 8.42 Å². The fraction of sp³-hybridized carbons (Fsp3) is 1.00. The van der Waals surface area contributed by atoms with Crippen LogP contribution in [0.25, 0.3) is 0 Å². The van der Waals surface area contributed by atoms with Gasteiger partial charge in [-0.1, -0.05) is 0 Å². The van der Waals surface area contributed by atoms with Gasteiger partial charge in [-0.2, -0.15) is 17.9 Å². The first-order valence-electron chi connectivity index (χ1n) is 4.78. The predicted octanol–water partition coefficient (Wildman–Crippen LogP) is -0.936. The molecule has 1 unspecified atom stereocenters. The molecule has 0 bridgehead atoms. The van der Waals surface area contributed by atoms with Crippen LogP contribution in [0.1, 0.15) is 6.92 Å². The van der Waals surface area contributed by atoms with E-state index < -0.39 is 22.5 Å². The van der Waals surface area contributed by atoms with Gasteiger partial charge in [0.25, 0.3) is 10.2 Å². The van der Waals surface area contributed by atoms with Gasteiger partial charge < -0.3 is 14.2 Å². The fourth-order valence-corrected chi connectivity index (χ4v) is 2.16. The molecule has 0 fully saturated rings. The zero-order chi connectivity index (χ0) is 12.6. The van der Waals surface area contributed by atoms with E-state index in [0.717, 1.165) is 0 Å². The summed E-state index contributed by atoms with van der Waals surface area (Å²) in [7, 11) is 0.822. The molecule has 0 saturated heterocycles. The highest BCUT2D eigenvalue weighted by molar-refractivity contribution is 7.87. The smallest absolute Gasteiger partial charge is 0.277 e. The van der Waals surface area contributed by atoms with Gasteiger partial charge in [0, 0.05) is 27.9 Å². The molecule has 2 N–H and O–H groups in total. The lowest BCUT2D eigenvalue weighted by Gasteiger charge is -2.22. The molecule has 8 heteroatoms. The first-order valence-corrected chi connectivity index (χ1v) is 6.26. The van der Waals surface area contributed by atoms with Crippen LogP contribution in [0, 0.1) is 0 Å². The van der Waals surface area contributed by atoms with Crippen molar-refractivity contribution in [2.45, 2.75) is 19.3 Å². The molecule has 98 valence electrons. The Kier molecular flexibility index (Phi) is 7.81. The summed E-state index contributed by atoms with van der Waals surface area (Å²) in [5.74, 6) is 0. The Balaban J connectivity index is 4.14. The monoisotopic (exact) mass is 256 g/mol. The molecule has 0 rings (SSSR count). The molecular weight excluding hydrogens is 236 g/mol. The van der Waals surface area contributed by atoms with Crippen molar-refractivity contribution in [3.8, 4) is 0 Å². The van der Waals surface area contributed by atoms with Crippen molar-refractivity contribution in [2.75, 3.05) is 34.5 Å². The SMILES string of the molecule is COCCNS(=O)(=O)NC(C)C(OC)OC. The zero-order valence-electron chi connectivity index (χ0n) is 10.0. The van der Waals surface area contributed by atoms with Crippen molar-refractivity contribution >= 4 is 10.2 Å². The summed E-state index contributed by atoms with van der Waals surface area (Å²) in [5.41, 5.74) is 0. The van der Waals surface area contributed by atoms with E-state index in [4.69, 9.17) is 14.2 Å². The van der Waals surface area contributed by atoms with Crippen LogP contribution in [0.5, 0.6) is 0 Å². The average Bonchev–Trinajstić information content (AvgIpc) is 2.18. The number of ether oxygens (including phenoxy) is 3. The van der Waals surface area contributed by atoms with Crippen LogP contribution in [0.3, 0.4) is 0 Å². The van der Waals surface area contributed by atoms with E-state index in [1.54, 1.807) is 6.92 Å². The summed E-state index contributed by atoms with van der Waals surface area (Å²) in [6.07, 6.45) is -0.626. The van der Waals surface area contributed by atoms with Gasteiger partial charge in [-0.15, -0.1) is 0 Å². The number of methoxy groups -OCH3 is 3. The van der Waals surface area contributed by atoms with Gasteiger partial charge >= 0.3 is 0 Å². The highest BCUT2D eigenvalue weighted by Gasteiger charge is 2.21. The molecule has 0 radical (unpaired) electrons. The number of hydrogen-bond acceptors (Lipinski definition) is 5. The van der Waals surface area contributed by atoms with E-state index in [0.29, 0.717) is 6.61 Å². The van der Waals surface area contributed by atoms with Gasteiger partial charge in [0.1, 0.15) is 0 Å². The Morgan fingerprint density at radius 2 is 1.75 bits per heavy atom. The van der Waals surface area contributed by atoms with Crippen molar-refractivity contribution in [1.82, 2.24) is 9.44 Å². The molecule has 0 aliphatic rings. The third-order valence-electron chi connectivity index (χ3n) is 1.81. The third-order valence-corrected chi connectivity index (χ3v) is 3.08. The summed E-state index contributed by atoms with van der Waals surface area (Å²) in [6, 6.07) is -0.491. The Morgan fingerprint density at radius 3 is 2.19 bits per heavy atom. The molecule has 0 amide bonds. The molecule has 0 aromatic heterocycles. The minimum absolute atomic E-state index is 0.211. The number of hydrogen-bond donors (Lipinski definition) is 2. The second kappa shape index (κ2) is 7.93. The lowest BCUT2D eigenvalue weighted by Crippen LogP contribution is -2.48. The number of rotatable bonds is 9. The predicted molar refractivity (Wildman–Crippen MR) is 59.2 cm³/mol. The first kappa shape index (κ1) is 15.8. The maximum absolute atomic E-state index is 11.5. The second-order valence-corrected chi connectivity index (χ2v) is 4.67. The molecule has 0 aliphatic heterocycles. The van der Waals surface area contributed by atoms with E-state index >= 15 is 0 Å². The van der Waals surface area contributed by atoms with Crippen molar-refractivity contribution in [1.29, 1.82) is 0 Å². The van der Waals surface area contributed by atoms with E-state index in [1.807, 2.05) is 0 Å². The summed E-state index contributed by atoms with van der Waals surface area (Å²) < 4.78 is 42.2. The standard InChI is InChI=1S/C8H20N2O5S/c1-7(8(14-3)15-4)10-16(11,12)9-5-6-13-2/h7-10H,5-6H2,1-4H3. The quantitative estimate of drug-likeness (QED) is 0.411. The summed E-state index contributed by atoms with van der Waals surface area (Å²) >= 11 is 0. The molecule has 1 atom stereocenters. The van der Waals surface area contributed by atoms with Gasteiger partial charge in [-0.3, -0.25) is 0 Å². The largest absolute Gasteiger partial charge is 0.383 e. The fourth-order valence-electron chi connectivity index (χ4n) is 1.12. The summed E-state index contributed by atoms with van der Waals surface area (Å²) in [4.78, 5) is 0. The molecule has 7 nitrogen and oxygen atoms in total. The number of nitrogens with one attached hydrogen (secondary N) is 2. The van der Waals surface area contributed by atoms with Crippen molar-refractivity contribution in [2.24, 2.45) is 0 Å². The van der Waals surface area contributed by atoms with E-state index in [2.05, 4.69) is 9.44 Å². The van der Waals surface area contributed by atoms with Crippen LogP contribution in [0.4, 0.5) is 0 Å². The molecule has 16 heavy (non-hydrogen) atoms. The maximum Gasteiger partial charge on any atom is 0.277 e. The van der Waals surface area contributed by atoms with Gasteiger partial charge in [-0.25, -0.2) is 0 Å². The molecular formula is C8H20N2O5S. The Labute approximate surface area is 96.6 Å². The molecule has 0 aromatic carbocycles. The van der Waals surface area contributed by atoms with E-state index in [1.165, 1.54) is 21.3 Å². The van der Waals surface area contributed by atoms with Crippen LogP contribution in [-0.2, 0) is 24.4 Å². The van der Waals surface area contributed by atoms with Gasteiger partial charge in [0.05, 0.1) is 12.6 Å². The zero-order valence-corrected chi connectivity index (χ0v) is 10.8. The van der Waals surface area contributed by atoms with Crippen LogP contribution < -0.4 is 9.44 Å². The highest BCUT2D eigenvalue weighted by atomic mass is 32.2. The lowest BCUT2D eigenvalue weighted by molar-refractivity contribution is -0.115. The van der Waals surface area contributed by atoms with Gasteiger partial charge in [-0.05, 0) is 6.92 Å². The minimum Gasteiger partial charge on any atom is -0.383 e. The third kappa shape index (κ3) is 6.36. The maximum atomic E-state index is 11.5. The van der Waals surface area contributed by atoms with E-state index in [-0.39, 0.29) is 6.54 Å². The first-order chi connectivity index (χ1) is 7.46. The Morgan fingerprint density at radius 1 is 1.19 bits per heavy atom. The Bertz CT molecular complexity index is 266. The minimum atomic E-state index is -3.56. The molecule has 0 saturated carbocycles. The molecule has 0 aromatic rings. The van der Waals surface area contributed by atoms with Crippen LogP contribution >= 0.6 is 0 Å². The average molecular weight is 256 g/mol. The van der Waals surface area contributed by atoms with Gasteiger partial charge in [0.2, 0.25) is 0 Å². The van der Waals surface area contributed by atoms with Crippen molar-refractivity contribution < 1.29 is 22.6 Å². The topological polar surface area (TPSA) is 85.9 Å². The second-order valence-electron chi connectivity index (χ2n) is 3.14. The highest BCUT2D eigenvalue weighted by Crippen LogP contribution is 1.99. The Hall–Kier alpha value is -0.250. The van der Waals surface area contributed by atoms with Crippen molar-refractivity contribution in [3.63, 3.8) is 0 Å². The lowest BCUT2D eigenvalue weighted by atomic mass is 10.3. The van der Waals surface area contributed by atoms with Crippen LogP contribution in [0.2, 0.25) is 0 Å². The normalized spacial score (nSPS) is 14.3. The van der Waals surface area contributed by atoms with Crippen LogP contribution in [0.15, 0.2) is 0 Å². The van der Waals surface area contributed by atoms with Crippen molar-refractivity contribution in [3.05, 3.63) is 0 Å². The molecule has 0 aliphatic carbocycles. The summed E-state index contributed by atoms with van der Waals surface area (Å²) in [5, 5.41) is 0. The van der Waals surface area contributed by atoms with Gasteiger partial charge in [0.15, 0.2) is 6.29 Å².